The van der Waals surface area contributed by atoms with Gasteiger partial charge in [0.15, 0.2) is 0 Å². The molecule has 0 aliphatic carbocycles. The number of hydrogen-bond acceptors (Lipinski definition) is 6. The van der Waals surface area contributed by atoms with Crippen molar-refractivity contribution in [3.8, 4) is 5.75 Å². The molecule has 10 heteroatoms. The number of non-ortho nitro benzene ring substituents is 1. The maximum absolute atomic E-state index is 13.1. The van der Waals surface area contributed by atoms with E-state index in [0.29, 0.717) is 18.7 Å². The Bertz CT molecular complexity index is 1530. The number of rotatable bonds is 5. The number of carbonyl (C=O) groups is 1. The Balaban J connectivity index is 1.32. The summed E-state index contributed by atoms with van der Waals surface area (Å²) < 4.78 is 30.1. The van der Waals surface area contributed by atoms with E-state index in [9.17, 15) is 23.3 Å². The lowest BCUT2D eigenvalue weighted by atomic mass is 10.0. The fourth-order valence-electron chi connectivity index (χ4n) is 4.10. The molecule has 0 atom stereocenters. The molecule has 0 fully saturated rings. The number of nitro groups is 1. The number of hydrogen-bond donors (Lipinski definition) is 1. The lowest BCUT2D eigenvalue weighted by molar-refractivity contribution is -0.385. The molecule has 3 aromatic carbocycles. The third-order valence-electron chi connectivity index (χ3n) is 5.79. The number of amides is 1. The molecule has 4 aromatic rings. The van der Waals surface area contributed by atoms with Gasteiger partial charge in [-0.25, -0.2) is 0 Å². The summed E-state index contributed by atoms with van der Waals surface area (Å²) in [4.78, 5) is 28.2. The maximum atomic E-state index is 13.1. The summed E-state index contributed by atoms with van der Waals surface area (Å²) in [7, 11) is -4.27. The first-order valence-electron chi connectivity index (χ1n) is 10.5. The number of fused-ring (bicyclic) bond motifs is 3. The maximum Gasteiger partial charge on any atom is 0.339 e. The van der Waals surface area contributed by atoms with E-state index in [2.05, 4.69) is 4.98 Å². The molecule has 1 aliphatic heterocycles. The first kappa shape index (κ1) is 21.7. The van der Waals surface area contributed by atoms with Crippen LogP contribution < -0.4 is 4.18 Å². The summed E-state index contributed by atoms with van der Waals surface area (Å²) in [6, 6.07) is 18.4. The number of nitrogens with zero attached hydrogens (tertiary/aromatic N) is 2. The second-order valence-corrected chi connectivity index (χ2v) is 9.47. The fraction of sp³-hybridized carbons (Fsp3) is 0.125. The Kier molecular flexibility index (Phi) is 5.29. The number of benzene rings is 3. The van der Waals surface area contributed by atoms with Gasteiger partial charge in [0.1, 0.15) is 10.6 Å². The van der Waals surface area contributed by atoms with Gasteiger partial charge < -0.3 is 14.1 Å². The second kappa shape index (κ2) is 8.31. The molecule has 0 bridgehead atoms. The number of aromatic nitrogens is 1. The van der Waals surface area contributed by atoms with Crippen LogP contribution in [0.25, 0.3) is 10.9 Å². The predicted octanol–water partition coefficient (Wildman–Crippen LogP) is 4.04. The van der Waals surface area contributed by atoms with E-state index in [0.717, 1.165) is 34.6 Å². The van der Waals surface area contributed by atoms with Crippen molar-refractivity contribution in [2.75, 3.05) is 6.54 Å². The van der Waals surface area contributed by atoms with Gasteiger partial charge in [0.25, 0.3) is 11.6 Å². The van der Waals surface area contributed by atoms with Crippen LogP contribution in [-0.4, -0.2) is 35.7 Å². The van der Waals surface area contributed by atoms with Crippen molar-refractivity contribution in [3.05, 3.63) is 99.7 Å². The van der Waals surface area contributed by atoms with Gasteiger partial charge in [0.2, 0.25) is 0 Å². The summed E-state index contributed by atoms with van der Waals surface area (Å²) in [6.07, 6.45) is 0.721. The summed E-state index contributed by atoms with van der Waals surface area (Å²) in [5.74, 6) is -0.162. The van der Waals surface area contributed by atoms with Gasteiger partial charge in [-0.1, -0.05) is 24.3 Å². The first-order valence-corrected chi connectivity index (χ1v) is 11.9. The monoisotopic (exact) mass is 477 g/mol. The van der Waals surface area contributed by atoms with Gasteiger partial charge >= 0.3 is 10.1 Å². The number of nitrogens with one attached hydrogen (secondary N) is 1. The van der Waals surface area contributed by atoms with Gasteiger partial charge in [0.05, 0.1) is 4.92 Å². The molecule has 0 saturated heterocycles. The SMILES string of the molecule is O=C(c1ccc(OS(=O)(=O)c2cccc([N+](=O)[O-])c2)cc1)N1CCc2[nH]c3ccccc3c2C1. The van der Waals surface area contributed by atoms with Crippen molar-refractivity contribution in [3.63, 3.8) is 0 Å². The Labute approximate surface area is 194 Å². The van der Waals surface area contributed by atoms with E-state index >= 15 is 0 Å². The molecule has 1 N–H and O–H groups in total. The van der Waals surface area contributed by atoms with Crippen LogP contribution in [0.5, 0.6) is 5.75 Å². The summed E-state index contributed by atoms with van der Waals surface area (Å²) in [5.41, 5.74) is 3.35. The average Bonchev–Trinajstić information content (AvgIpc) is 3.22. The lowest BCUT2D eigenvalue weighted by Gasteiger charge is -2.27. The van der Waals surface area contributed by atoms with Crippen LogP contribution in [0.1, 0.15) is 21.6 Å². The van der Waals surface area contributed by atoms with Crippen molar-refractivity contribution >= 4 is 32.6 Å². The Morgan fingerprint density at radius 2 is 1.79 bits per heavy atom. The second-order valence-electron chi connectivity index (χ2n) is 7.92. The minimum absolute atomic E-state index is 0.000570. The summed E-state index contributed by atoms with van der Waals surface area (Å²) >= 11 is 0. The van der Waals surface area contributed by atoms with Crippen molar-refractivity contribution < 1.29 is 22.3 Å². The molecule has 5 rings (SSSR count). The van der Waals surface area contributed by atoms with Crippen LogP contribution in [0, 0.1) is 10.1 Å². The zero-order valence-electron chi connectivity index (χ0n) is 17.8. The minimum Gasteiger partial charge on any atom is -0.379 e. The molecule has 1 aromatic heterocycles. The van der Waals surface area contributed by atoms with Crippen molar-refractivity contribution in [1.29, 1.82) is 0 Å². The molecule has 0 unspecified atom stereocenters. The van der Waals surface area contributed by atoms with Crippen molar-refractivity contribution in [2.24, 2.45) is 0 Å². The van der Waals surface area contributed by atoms with E-state index in [4.69, 9.17) is 4.18 Å². The van der Waals surface area contributed by atoms with Gasteiger partial charge in [-0.05, 0) is 36.4 Å². The lowest BCUT2D eigenvalue weighted by Crippen LogP contribution is -2.35. The minimum atomic E-state index is -4.27. The molecule has 0 spiro atoms. The number of H-pyrrole nitrogens is 1. The Morgan fingerprint density at radius 3 is 2.56 bits per heavy atom. The van der Waals surface area contributed by atoms with Crippen LogP contribution in [0.2, 0.25) is 0 Å². The highest BCUT2D eigenvalue weighted by atomic mass is 32.2. The van der Waals surface area contributed by atoms with Gasteiger partial charge in [0, 0.05) is 59.4 Å². The topological polar surface area (TPSA) is 123 Å². The predicted molar refractivity (Wildman–Crippen MR) is 124 cm³/mol. The largest absolute Gasteiger partial charge is 0.379 e. The third-order valence-corrected chi connectivity index (χ3v) is 7.04. The quantitative estimate of drug-likeness (QED) is 0.263. The molecular formula is C24H19N3O6S. The third kappa shape index (κ3) is 3.99. The van der Waals surface area contributed by atoms with E-state index in [1.54, 1.807) is 4.90 Å². The van der Waals surface area contributed by atoms with Crippen LogP contribution in [0.4, 0.5) is 5.69 Å². The Hall–Kier alpha value is -4.18. The molecule has 0 saturated carbocycles. The molecule has 9 nitrogen and oxygen atoms in total. The van der Waals surface area contributed by atoms with Gasteiger partial charge in [-0.2, -0.15) is 8.42 Å². The number of aromatic amines is 1. The normalized spacial score (nSPS) is 13.5. The van der Waals surface area contributed by atoms with Crippen LogP contribution >= 0.6 is 0 Å². The Morgan fingerprint density at radius 1 is 1.03 bits per heavy atom. The smallest absolute Gasteiger partial charge is 0.339 e. The van der Waals surface area contributed by atoms with Crippen LogP contribution in [0.3, 0.4) is 0 Å². The zero-order chi connectivity index (χ0) is 23.9. The number of nitro benzene ring substituents is 1. The van der Waals surface area contributed by atoms with Crippen LogP contribution in [0.15, 0.2) is 77.7 Å². The van der Waals surface area contributed by atoms with Gasteiger partial charge in [-0.15, -0.1) is 0 Å². The molecule has 34 heavy (non-hydrogen) atoms. The highest BCUT2D eigenvalue weighted by Gasteiger charge is 2.25. The molecule has 1 amide bonds. The molecule has 2 heterocycles. The number of carbonyl (C=O) groups excluding carboxylic acids is 1. The highest BCUT2D eigenvalue weighted by molar-refractivity contribution is 7.87. The molecule has 172 valence electrons. The zero-order valence-corrected chi connectivity index (χ0v) is 18.6. The summed E-state index contributed by atoms with van der Waals surface area (Å²) in [6.45, 7) is 1.05. The van der Waals surface area contributed by atoms with Crippen LogP contribution in [-0.2, 0) is 23.1 Å². The fourth-order valence-corrected chi connectivity index (χ4v) is 5.07. The molecule has 0 radical (unpaired) electrons. The van der Waals surface area contributed by atoms with Crippen molar-refractivity contribution in [2.45, 2.75) is 17.9 Å². The highest BCUT2D eigenvalue weighted by Crippen LogP contribution is 2.29. The standard InChI is InChI=1S/C24H19N3O6S/c28-24(26-13-12-23-21(15-26)20-6-1-2-7-22(20)25-23)16-8-10-18(11-9-16)33-34(31,32)19-5-3-4-17(14-19)27(29)30/h1-11,14,25H,12-13,15H2. The number of para-hydroxylation sites is 1. The molecular weight excluding hydrogens is 458 g/mol. The first-order chi connectivity index (χ1) is 16.3. The van der Waals surface area contributed by atoms with E-state index in [1.807, 2.05) is 24.3 Å². The van der Waals surface area contributed by atoms with E-state index < -0.39 is 15.0 Å². The van der Waals surface area contributed by atoms with Gasteiger partial charge in [-0.3, -0.25) is 14.9 Å². The van der Waals surface area contributed by atoms with E-state index in [1.165, 1.54) is 42.5 Å². The average molecular weight is 477 g/mol. The van der Waals surface area contributed by atoms with Crippen molar-refractivity contribution in [1.82, 2.24) is 9.88 Å². The molecule has 1 aliphatic rings. The van der Waals surface area contributed by atoms with E-state index in [-0.39, 0.29) is 22.2 Å². The summed E-state index contributed by atoms with van der Waals surface area (Å²) in [5, 5.41) is 12.0.